The Morgan fingerprint density at radius 1 is 1.00 bits per heavy atom. The first-order valence-corrected chi connectivity index (χ1v) is 11.4. The van der Waals surface area contributed by atoms with Crippen LogP contribution in [0.5, 0.6) is 0 Å². The van der Waals surface area contributed by atoms with Crippen molar-refractivity contribution in [3.05, 3.63) is 86.2 Å². The minimum Gasteiger partial charge on any atom is -0.450 e. The van der Waals surface area contributed by atoms with Gasteiger partial charge in [-0.15, -0.1) is 0 Å². The van der Waals surface area contributed by atoms with Gasteiger partial charge in [0.05, 0.1) is 16.9 Å². The lowest BCUT2D eigenvalue weighted by atomic mass is 9.84. The van der Waals surface area contributed by atoms with Crippen LogP contribution in [0, 0.1) is 0 Å². The smallest absolute Gasteiger partial charge is 0.339 e. The van der Waals surface area contributed by atoms with Gasteiger partial charge in [0.25, 0.3) is 5.56 Å². The molecule has 1 saturated heterocycles. The van der Waals surface area contributed by atoms with Crippen LogP contribution < -0.4 is 5.56 Å². The molecule has 0 atom stereocenters. The van der Waals surface area contributed by atoms with Gasteiger partial charge in [-0.1, -0.05) is 36.4 Å². The van der Waals surface area contributed by atoms with Crippen molar-refractivity contribution < 1.29 is 9.53 Å². The quantitative estimate of drug-likeness (QED) is 0.526. The van der Waals surface area contributed by atoms with E-state index in [0.717, 1.165) is 42.9 Å². The van der Waals surface area contributed by atoms with Gasteiger partial charge >= 0.3 is 5.97 Å². The zero-order valence-corrected chi connectivity index (χ0v) is 19.0. The van der Waals surface area contributed by atoms with Crippen LogP contribution in [0.25, 0.3) is 5.69 Å². The number of fused-ring (bicyclic) bond motifs is 2. The molecular formula is C24H24BrN3O3. The average molecular weight is 482 g/mol. The van der Waals surface area contributed by atoms with Crippen LogP contribution in [-0.4, -0.2) is 33.3 Å². The zero-order chi connectivity index (χ0) is 21.6. The molecule has 1 fully saturated rings. The molecule has 31 heavy (non-hydrogen) atoms. The first-order chi connectivity index (χ1) is 15.0. The SMILES string of the molecule is CCn1c(CN2CCC3(CC2)OC(=O)c2ccccc23)c(Br)c(=O)n1-c1ccccc1. The van der Waals surface area contributed by atoms with Gasteiger partial charge in [-0.05, 0) is 41.1 Å². The van der Waals surface area contributed by atoms with E-state index in [0.29, 0.717) is 23.1 Å². The van der Waals surface area contributed by atoms with Crippen molar-refractivity contribution in [3.8, 4) is 5.69 Å². The first-order valence-electron chi connectivity index (χ1n) is 10.6. The standard InChI is InChI=1S/C24H24BrN3O3/c1-2-27-20(21(25)22(29)28(27)17-8-4-3-5-9-17)16-26-14-12-24(13-15-26)19-11-7-6-10-18(19)23(30)31-24/h3-11H,2,12-16H2,1H3. The maximum atomic E-state index is 13.0. The van der Waals surface area contributed by atoms with Crippen LogP contribution in [0.3, 0.4) is 0 Å². The third kappa shape index (κ3) is 3.27. The Morgan fingerprint density at radius 3 is 2.39 bits per heavy atom. The molecule has 0 amide bonds. The number of hydrogen-bond donors (Lipinski definition) is 0. The summed E-state index contributed by atoms with van der Waals surface area (Å²) in [5.74, 6) is -0.216. The van der Waals surface area contributed by atoms with Crippen molar-refractivity contribution in [3.63, 3.8) is 0 Å². The van der Waals surface area contributed by atoms with Crippen LogP contribution in [0.2, 0.25) is 0 Å². The van der Waals surface area contributed by atoms with Crippen molar-refractivity contribution in [1.29, 1.82) is 0 Å². The number of ether oxygens (including phenoxy) is 1. The maximum absolute atomic E-state index is 13.0. The van der Waals surface area contributed by atoms with E-state index in [1.54, 1.807) is 4.68 Å². The number of benzene rings is 2. The molecule has 0 bridgehead atoms. The summed E-state index contributed by atoms with van der Waals surface area (Å²) in [6, 6.07) is 17.4. The lowest BCUT2D eigenvalue weighted by molar-refractivity contribution is -0.0444. The molecule has 160 valence electrons. The molecular weight excluding hydrogens is 458 g/mol. The van der Waals surface area contributed by atoms with E-state index < -0.39 is 5.60 Å². The largest absolute Gasteiger partial charge is 0.450 e. The normalized spacial score (nSPS) is 17.7. The minimum atomic E-state index is -0.512. The van der Waals surface area contributed by atoms with Crippen LogP contribution >= 0.6 is 15.9 Å². The van der Waals surface area contributed by atoms with Crippen LogP contribution in [-0.2, 0) is 23.4 Å². The predicted molar refractivity (Wildman–Crippen MR) is 121 cm³/mol. The fourth-order valence-corrected chi connectivity index (χ4v) is 5.37. The monoisotopic (exact) mass is 481 g/mol. The molecule has 3 heterocycles. The van der Waals surface area contributed by atoms with Gasteiger partial charge < -0.3 is 4.74 Å². The van der Waals surface area contributed by atoms with Crippen molar-refractivity contribution >= 4 is 21.9 Å². The third-order valence-corrected chi connectivity index (χ3v) is 7.25. The van der Waals surface area contributed by atoms with Crippen molar-refractivity contribution in [2.24, 2.45) is 0 Å². The molecule has 2 aromatic carbocycles. The molecule has 2 aliphatic heterocycles. The summed E-state index contributed by atoms with van der Waals surface area (Å²) in [6.45, 7) is 4.99. The Morgan fingerprint density at radius 2 is 1.68 bits per heavy atom. The van der Waals surface area contributed by atoms with Gasteiger partial charge in [-0.25, -0.2) is 9.48 Å². The Kier molecular flexibility index (Phi) is 5.10. The fourth-order valence-electron chi connectivity index (χ4n) is 4.87. The van der Waals surface area contributed by atoms with Crippen LogP contribution in [0.15, 0.2) is 63.9 Å². The average Bonchev–Trinajstić information content (AvgIpc) is 3.21. The second-order valence-electron chi connectivity index (χ2n) is 8.13. The number of para-hydroxylation sites is 1. The highest BCUT2D eigenvalue weighted by atomic mass is 79.9. The first kappa shape index (κ1) is 20.3. The molecule has 0 aliphatic carbocycles. The number of nitrogens with zero attached hydrogens (tertiary/aromatic N) is 3. The van der Waals surface area contributed by atoms with Crippen LogP contribution in [0.1, 0.15) is 41.4 Å². The molecule has 0 saturated carbocycles. The summed E-state index contributed by atoms with van der Waals surface area (Å²) >= 11 is 3.56. The molecule has 0 N–H and O–H groups in total. The lowest BCUT2D eigenvalue weighted by Crippen LogP contribution is -2.42. The van der Waals surface area contributed by atoms with E-state index in [4.69, 9.17) is 4.74 Å². The highest BCUT2D eigenvalue weighted by Crippen LogP contribution is 2.44. The van der Waals surface area contributed by atoms with E-state index in [2.05, 4.69) is 27.8 Å². The van der Waals surface area contributed by atoms with Gasteiger partial charge in [-0.2, -0.15) is 0 Å². The Hall–Kier alpha value is -2.64. The van der Waals surface area contributed by atoms with Crippen molar-refractivity contribution in [1.82, 2.24) is 14.3 Å². The topological polar surface area (TPSA) is 56.5 Å². The highest BCUT2D eigenvalue weighted by Gasteiger charge is 2.47. The second-order valence-corrected chi connectivity index (χ2v) is 8.93. The molecule has 5 rings (SSSR count). The summed E-state index contributed by atoms with van der Waals surface area (Å²) in [4.78, 5) is 27.7. The number of piperidine rings is 1. The number of esters is 1. The molecule has 0 unspecified atom stereocenters. The van der Waals surface area contributed by atoms with E-state index in [1.165, 1.54) is 0 Å². The van der Waals surface area contributed by atoms with Crippen molar-refractivity contribution in [2.45, 2.75) is 38.5 Å². The van der Waals surface area contributed by atoms with Crippen LogP contribution in [0.4, 0.5) is 0 Å². The number of hydrogen-bond acceptors (Lipinski definition) is 4. The summed E-state index contributed by atoms with van der Waals surface area (Å²) in [5.41, 5.74) is 2.97. The fraction of sp³-hybridized carbons (Fsp3) is 0.333. The van der Waals surface area contributed by atoms with Gasteiger partial charge in [0.2, 0.25) is 0 Å². The number of carbonyl (C=O) groups is 1. The number of halogens is 1. The summed E-state index contributed by atoms with van der Waals surface area (Å²) in [7, 11) is 0. The summed E-state index contributed by atoms with van der Waals surface area (Å²) in [5, 5.41) is 0. The number of rotatable bonds is 4. The number of likely N-dealkylation sites (tertiary alicyclic amines) is 1. The summed E-state index contributed by atoms with van der Waals surface area (Å²) in [6.07, 6.45) is 1.51. The highest BCUT2D eigenvalue weighted by molar-refractivity contribution is 9.10. The maximum Gasteiger partial charge on any atom is 0.339 e. The van der Waals surface area contributed by atoms with Gasteiger partial charge in [-0.3, -0.25) is 14.4 Å². The lowest BCUT2D eigenvalue weighted by Gasteiger charge is -2.38. The number of aromatic nitrogens is 2. The molecule has 2 aliphatic rings. The molecule has 6 nitrogen and oxygen atoms in total. The Labute approximate surface area is 189 Å². The molecule has 3 aromatic rings. The summed E-state index contributed by atoms with van der Waals surface area (Å²) < 4.78 is 10.3. The molecule has 0 radical (unpaired) electrons. The predicted octanol–water partition coefficient (Wildman–Crippen LogP) is 4.08. The second kappa shape index (κ2) is 7.80. The van der Waals surface area contributed by atoms with E-state index in [1.807, 2.05) is 59.3 Å². The van der Waals surface area contributed by atoms with Gasteiger partial charge in [0, 0.05) is 44.6 Å². The zero-order valence-electron chi connectivity index (χ0n) is 17.4. The third-order valence-electron chi connectivity index (χ3n) is 6.45. The number of carbonyl (C=O) groups excluding carboxylic acids is 1. The molecule has 1 spiro atoms. The van der Waals surface area contributed by atoms with E-state index >= 15 is 0 Å². The Bertz CT molecular complexity index is 1190. The Balaban J connectivity index is 1.40. The minimum absolute atomic E-state index is 0.0461. The van der Waals surface area contributed by atoms with E-state index in [-0.39, 0.29) is 11.5 Å². The van der Waals surface area contributed by atoms with Gasteiger partial charge in [0.15, 0.2) is 0 Å². The van der Waals surface area contributed by atoms with Gasteiger partial charge in [0.1, 0.15) is 10.1 Å². The van der Waals surface area contributed by atoms with Crippen molar-refractivity contribution in [2.75, 3.05) is 13.1 Å². The van der Waals surface area contributed by atoms with E-state index in [9.17, 15) is 9.59 Å². The molecule has 7 heteroatoms. The molecule has 1 aromatic heterocycles.